The van der Waals surface area contributed by atoms with Crippen LogP contribution in [0.4, 0.5) is 0 Å². The van der Waals surface area contributed by atoms with Gasteiger partial charge >= 0.3 is 0 Å². The lowest BCUT2D eigenvalue weighted by Gasteiger charge is -2.16. The first-order valence-electron chi connectivity index (χ1n) is 5.49. The zero-order chi connectivity index (χ0) is 12.2. The molecule has 0 aliphatic heterocycles. The molecule has 88 valence electrons. The Morgan fingerprint density at radius 3 is 2.31 bits per heavy atom. The van der Waals surface area contributed by atoms with Crippen molar-refractivity contribution in [2.24, 2.45) is 5.73 Å². The molecule has 1 aromatic carbocycles. The van der Waals surface area contributed by atoms with Crippen molar-refractivity contribution in [2.45, 2.75) is 38.7 Å². The lowest BCUT2D eigenvalue weighted by molar-refractivity contribution is 0.0689. The Bertz CT molecular complexity index is 349. The van der Waals surface area contributed by atoms with Crippen LogP contribution in [0.15, 0.2) is 24.3 Å². The van der Waals surface area contributed by atoms with Crippen molar-refractivity contribution in [3.63, 3.8) is 0 Å². The highest BCUT2D eigenvalue weighted by Gasteiger charge is 2.11. The van der Waals surface area contributed by atoms with Gasteiger partial charge in [0.05, 0.1) is 5.60 Å². The maximum absolute atomic E-state index is 10.8. The minimum absolute atomic E-state index is 0.400. The van der Waals surface area contributed by atoms with Gasteiger partial charge in [-0.25, -0.2) is 0 Å². The number of aliphatic hydroxyl groups is 1. The molecule has 1 amide bonds. The number of hydrogen-bond acceptors (Lipinski definition) is 2. The number of aryl methyl sites for hydroxylation is 1. The zero-order valence-electron chi connectivity index (χ0n) is 9.86. The van der Waals surface area contributed by atoms with Gasteiger partial charge in [-0.15, -0.1) is 0 Å². The summed E-state index contributed by atoms with van der Waals surface area (Å²) in [7, 11) is 0. The van der Waals surface area contributed by atoms with Gasteiger partial charge in [0.1, 0.15) is 0 Å². The van der Waals surface area contributed by atoms with Gasteiger partial charge in [-0.3, -0.25) is 4.79 Å². The van der Waals surface area contributed by atoms with Crippen LogP contribution < -0.4 is 5.73 Å². The minimum Gasteiger partial charge on any atom is -0.390 e. The van der Waals surface area contributed by atoms with Crippen molar-refractivity contribution < 1.29 is 9.90 Å². The van der Waals surface area contributed by atoms with Crippen LogP contribution in [0.3, 0.4) is 0 Å². The molecule has 3 heteroatoms. The fourth-order valence-electron chi connectivity index (χ4n) is 1.56. The molecule has 0 bridgehead atoms. The monoisotopic (exact) mass is 221 g/mol. The number of rotatable bonds is 5. The van der Waals surface area contributed by atoms with Crippen LogP contribution in [0.1, 0.15) is 42.6 Å². The van der Waals surface area contributed by atoms with Crippen molar-refractivity contribution >= 4 is 5.91 Å². The molecule has 0 aliphatic carbocycles. The number of nitrogens with two attached hydrogens (primary N) is 1. The minimum atomic E-state index is -0.604. The van der Waals surface area contributed by atoms with Gasteiger partial charge in [0.2, 0.25) is 5.91 Å². The summed E-state index contributed by atoms with van der Waals surface area (Å²) in [5.41, 5.74) is 6.24. The number of benzene rings is 1. The summed E-state index contributed by atoms with van der Waals surface area (Å²) >= 11 is 0. The van der Waals surface area contributed by atoms with Crippen molar-refractivity contribution in [2.75, 3.05) is 0 Å². The van der Waals surface area contributed by atoms with E-state index in [-0.39, 0.29) is 0 Å². The molecular weight excluding hydrogens is 202 g/mol. The molecule has 1 aromatic rings. The number of carbonyl (C=O) groups is 1. The van der Waals surface area contributed by atoms with E-state index in [4.69, 9.17) is 5.73 Å². The van der Waals surface area contributed by atoms with Crippen LogP contribution in [0.2, 0.25) is 0 Å². The molecule has 0 aromatic heterocycles. The predicted molar refractivity (Wildman–Crippen MR) is 64.2 cm³/mol. The predicted octanol–water partition coefficient (Wildman–Crippen LogP) is 1.88. The van der Waals surface area contributed by atoms with E-state index in [0.29, 0.717) is 5.56 Å². The maximum Gasteiger partial charge on any atom is 0.248 e. The maximum atomic E-state index is 10.8. The second-order valence-corrected chi connectivity index (χ2v) is 4.73. The Hall–Kier alpha value is -1.35. The fourth-order valence-corrected chi connectivity index (χ4v) is 1.56. The largest absolute Gasteiger partial charge is 0.390 e. The van der Waals surface area contributed by atoms with Crippen molar-refractivity contribution in [3.05, 3.63) is 35.4 Å². The van der Waals surface area contributed by atoms with Gasteiger partial charge in [-0.05, 0) is 50.8 Å². The van der Waals surface area contributed by atoms with Crippen LogP contribution in [-0.4, -0.2) is 16.6 Å². The summed E-state index contributed by atoms with van der Waals surface area (Å²) in [5, 5.41) is 9.55. The van der Waals surface area contributed by atoms with Crippen LogP contribution in [0.25, 0.3) is 0 Å². The van der Waals surface area contributed by atoms with Crippen molar-refractivity contribution in [3.8, 4) is 0 Å². The Morgan fingerprint density at radius 1 is 1.31 bits per heavy atom. The Balaban J connectivity index is 2.47. The number of primary amides is 1. The van der Waals surface area contributed by atoms with Gasteiger partial charge in [0.15, 0.2) is 0 Å². The smallest absolute Gasteiger partial charge is 0.248 e. The van der Waals surface area contributed by atoms with Crippen LogP contribution in [-0.2, 0) is 6.42 Å². The van der Waals surface area contributed by atoms with Crippen LogP contribution >= 0.6 is 0 Å². The topological polar surface area (TPSA) is 63.3 Å². The SMILES string of the molecule is CC(C)(O)CCCc1ccc(C(N)=O)cc1. The van der Waals surface area contributed by atoms with Gasteiger partial charge in [0, 0.05) is 5.56 Å². The molecule has 3 N–H and O–H groups in total. The highest BCUT2D eigenvalue weighted by atomic mass is 16.3. The normalized spacial score (nSPS) is 11.4. The highest BCUT2D eigenvalue weighted by Crippen LogP contribution is 2.14. The van der Waals surface area contributed by atoms with Gasteiger partial charge < -0.3 is 10.8 Å². The van der Waals surface area contributed by atoms with Gasteiger partial charge in [-0.1, -0.05) is 12.1 Å². The average molecular weight is 221 g/mol. The molecule has 0 radical (unpaired) electrons. The third-order valence-corrected chi connectivity index (χ3v) is 2.49. The van der Waals surface area contributed by atoms with Crippen LogP contribution in [0, 0.1) is 0 Å². The Morgan fingerprint density at radius 2 is 1.88 bits per heavy atom. The van der Waals surface area contributed by atoms with Crippen molar-refractivity contribution in [1.82, 2.24) is 0 Å². The third-order valence-electron chi connectivity index (χ3n) is 2.49. The molecule has 0 saturated heterocycles. The van der Waals surface area contributed by atoms with E-state index in [1.54, 1.807) is 12.1 Å². The summed E-state index contributed by atoms with van der Waals surface area (Å²) in [6.45, 7) is 3.62. The lowest BCUT2D eigenvalue weighted by Crippen LogP contribution is -2.18. The fraction of sp³-hybridized carbons (Fsp3) is 0.462. The lowest BCUT2D eigenvalue weighted by atomic mass is 9.98. The van der Waals surface area contributed by atoms with Crippen molar-refractivity contribution in [1.29, 1.82) is 0 Å². The first kappa shape index (κ1) is 12.7. The summed E-state index contributed by atoms with van der Waals surface area (Å²) in [6.07, 6.45) is 2.60. The van der Waals surface area contributed by atoms with E-state index in [9.17, 15) is 9.90 Å². The Kier molecular flexibility index (Phi) is 4.07. The standard InChI is InChI=1S/C13H19NO2/c1-13(2,16)9-3-4-10-5-7-11(8-6-10)12(14)15/h5-8,16H,3-4,9H2,1-2H3,(H2,14,15). The third kappa shape index (κ3) is 4.45. The molecule has 3 nitrogen and oxygen atoms in total. The molecule has 16 heavy (non-hydrogen) atoms. The van der Waals surface area contributed by atoms with Gasteiger partial charge in [-0.2, -0.15) is 0 Å². The van der Waals surface area contributed by atoms with E-state index < -0.39 is 11.5 Å². The first-order valence-corrected chi connectivity index (χ1v) is 5.49. The summed E-state index contributed by atoms with van der Waals surface area (Å²) in [4.78, 5) is 10.8. The molecular formula is C13H19NO2. The Labute approximate surface area is 96.3 Å². The second-order valence-electron chi connectivity index (χ2n) is 4.73. The molecule has 1 rings (SSSR count). The number of carbonyl (C=O) groups excluding carboxylic acids is 1. The molecule has 0 unspecified atom stereocenters. The second kappa shape index (κ2) is 5.12. The highest BCUT2D eigenvalue weighted by molar-refractivity contribution is 5.92. The summed E-state index contributed by atoms with van der Waals surface area (Å²) < 4.78 is 0. The van der Waals surface area contributed by atoms with E-state index in [2.05, 4.69) is 0 Å². The molecule has 0 saturated carbocycles. The van der Waals surface area contributed by atoms with E-state index in [0.717, 1.165) is 24.8 Å². The molecule has 0 atom stereocenters. The number of hydrogen-bond donors (Lipinski definition) is 2. The quantitative estimate of drug-likeness (QED) is 0.797. The molecule has 0 spiro atoms. The molecule has 0 aliphatic rings. The molecule has 0 heterocycles. The number of amides is 1. The summed E-state index contributed by atoms with van der Waals surface area (Å²) in [5.74, 6) is -0.400. The zero-order valence-corrected chi connectivity index (χ0v) is 9.86. The van der Waals surface area contributed by atoms with Gasteiger partial charge in [0.25, 0.3) is 0 Å². The molecule has 0 fully saturated rings. The van der Waals surface area contributed by atoms with E-state index in [1.165, 1.54) is 0 Å². The first-order chi connectivity index (χ1) is 7.38. The summed E-state index contributed by atoms with van der Waals surface area (Å²) in [6, 6.07) is 7.29. The van der Waals surface area contributed by atoms with E-state index >= 15 is 0 Å². The average Bonchev–Trinajstić information content (AvgIpc) is 2.16. The van der Waals surface area contributed by atoms with E-state index in [1.807, 2.05) is 26.0 Å². The van der Waals surface area contributed by atoms with Crippen LogP contribution in [0.5, 0.6) is 0 Å².